The minimum Gasteiger partial charge on any atom is -0.486 e. The van der Waals surface area contributed by atoms with Crippen molar-refractivity contribution >= 4 is 5.78 Å². The number of fused-ring (bicyclic) bond motifs is 1. The van der Waals surface area contributed by atoms with E-state index < -0.39 is 0 Å². The lowest BCUT2D eigenvalue weighted by molar-refractivity contribution is 0.103. The van der Waals surface area contributed by atoms with Crippen LogP contribution in [0.15, 0.2) is 36.5 Å². The van der Waals surface area contributed by atoms with Gasteiger partial charge in [0.2, 0.25) is 0 Å². The van der Waals surface area contributed by atoms with Crippen molar-refractivity contribution in [3.63, 3.8) is 0 Å². The summed E-state index contributed by atoms with van der Waals surface area (Å²) in [5.41, 5.74) is 1.92. The highest BCUT2D eigenvalue weighted by Crippen LogP contribution is 2.31. The van der Waals surface area contributed by atoms with Crippen molar-refractivity contribution in [1.29, 1.82) is 0 Å². The lowest BCUT2D eigenvalue weighted by atomic mass is 10.0. The van der Waals surface area contributed by atoms with E-state index in [2.05, 4.69) is 4.98 Å². The first-order chi connectivity index (χ1) is 9.25. The van der Waals surface area contributed by atoms with E-state index in [4.69, 9.17) is 9.47 Å². The smallest absolute Gasteiger partial charge is 0.194 e. The monoisotopic (exact) mass is 255 g/mol. The number of benzene rings is 1. The fraction of sp³-hybridized carbons (Fsp3) is 0.200. The van der Waals surface area contributed by atoms with Crippen molar-refractivity contribution in [1.82, 2.24) is 4.98 Å². The SMILES string of the molecule is Cc1ncccc1C(=O)c1ccc2c(c1)OCCO2. The molecule has 0 spiro atoms. The van der Waals surface area contributed by atoms with Crippen molar-refractivity contribution in [2.75, 3.05) is 13.2 Å². The Bertz CT molecular complexity index is 637. The highest BCUT2D eigenvalue weighted by Gasteiger charge is 2.17. The maximum atomic E-state index is 12.4. The number of hydrogen-bond acceptors (Lipinski definition) is 4. The van der Waals surface area contributed by atoms with Crippen LogP contribution >= 0.6 is 0 Å². The van der Waals surface area contributed by atoms with Gasteiger partial charge < -0.3 is 9.47 Å². The fourth-order valence-corrected chi connectivity index (χ4v) is 2.06. The Labute approximate surface area is 111 Å². The molecule has 4 nitrogen and oxygen atoms in total. The molecule has 19 heavy (non-hydrogen) atoms. The number of aryl methyl sites for hydroxylation is 1. The van der Waals surface area contributed by atoms with E-state index in [1.807, 2.05) is 6.92 Å². The molecule has 2 aromatic rings. The molecule has 3 rings (SSSR count). The number of ether oxygens (including phenoxy) is 2. The van der Waals surface area contributed by atoms with Crippen molar-refractivity contribution in [2.45, 2.75) is 6.92 Å². The second-order valence-electron chi connectivity index (χ2n) is 4.32. The number of carbonyl (C=O) groups excluding carboxylic acids is 1. The maximum Gasteiger partial charge on any atom is 0.194 e. The van der Waals surface area contributed by atoms with E-state index in [-0.39, 0.29) is 5.78 Å². The minimum atomic E-state index is -0.0532. The van der Waals surface area contributed by atoms with Gasteiger partial charge in [0.25, 0.3) is 0 Å². The van der Waals surface area contributed by atoms with Crippen LogP contribution in [-0.2, 0) is 0 Å². The molecule has 2 heterocycles. The molecule has 0 radical (unpaired) electrons. The molecule has 0 bridgehead atoms. The van der Waals surface area contributed by atoms with E-state index in [0.29, 0.717) is 35.8 Å². The second-order valence-corrected chi connectivity index (χ2v) is 4.32. The van der Waals surface area contributed by atoms with Crippen LogP contribution in [0.2, 0.25) is 0 Å². The Morgan fingerprint density at radius 1 is 1.16 bits per heavy atom. The number of carbonyl (C=O) groups is 1. The summed E-state index contributed by atoms with van der Waals surface area (Å²) in [6.07, 6.45) is 1.68. The topological polar surface area (TPSA) is 48.4 Å². The Kier molecular flexibility index (Phi) is 2.91. The second kappa shape index (κ2) is 4.72. The fourth-order valence-electron chi connectivity index (χ4n) is 2.06. The third-order valence-corrected chi connectivity index (χ3v) is 3.06. The van der Waals surface area contributed by atoms with Gasteiger partial charge in [0.1, 0.15) is 13.2 Å². The van der Waals surface area contributed by atoms with Gasteiger partial charge in [-0.05, 0) is 37.3 Å². The molecule has 96 valence electrons. The van der Waals surface area contributed by atoms with Gasteiger partial charge in [-0.1, -0.05) is 0 Å². The van der Waals surface area contributed by atoms with E-state index >= 15 is 0 Å². The van der Waals surface area contributed by atoms with Crippen LogP contribution in [0.4, 0.5) is 0 Å². The van der Waals surface area contributed by atoms with Crippen molar-refractivity contribution < 1.29 is 14.3 Å². The van der Waals surface area contributed by atoms with Crippen LogP contribution in [0.5, 0.6) is 11.5 Å². The zero-order chi connectivity index (χ0) is 13.2. The normalized spacial score (nSPS) is 13.1. The maximum absolute atomic E-state index is 12.4. The molecule has 4 heteroatoms. The molecule has 1 aromatic carbocycles. The summed E-state index contributed by atoms with van der Waals surface area (Å²) in [6, 6.07) is 8.79. The highest BCUT2D eigenvalue weighted by molar-refractivity contribution is 6.09. The molecule has 0 unspecified atom stereocenters. The van der Waals surface area contributed by atoms with E-state index in [1.165, 1.54) is 0 Å². The third kappa shape index (κ3) is 2.17. The Morgan fingerprint density at radius 2 is 1.95 bits per heavy atom. The predicted octanol–water partition coefficient (Wildman–Crippen LogP) is 2.39. The van der Waals surface area contributed by atoms with Gasteiger partial charge in [-0.3, -0.25) is 9.78 Å². The number of rotatable bonds is 2. The van der Waals surface area contributed by atoms with Crippen LogP contribution in [0.3, 0.4) is 0 Å². The van der Waals surface area contributed by atoms with Crippen LogP contribution in [0.25, 0.3) is 0 Å². The largest absolute Gasteiger partial charge is 0.486 e. The van der Waals surface area contributed by atoms with Crippen LogP contribution in [-0.4, -0.2) is 24.0 Å². The molecule has 0 aliphatic carbocycles. The predicted molar refractivity (Wildman–Crippen MR) is 69.8 cm³/mol. The quantitative estimate of drug-likeness (QED) is 0.773. The first kappa shape index (κ1) is 11.7. The number of aromatic nitrogens is 1. The standard InChI is InChI=1S/C15H13NO3/c1-10-12(3-2-6-16-10)15(17)11-4-5-13-14(9-11)19-8-7-18-13/h2-6,9H,7-8H2,1H3. The van der Waals surface area contributed by atoms with Crippen molar-refractivity contribution in [3.05, 3.63) is 53.3 Å². The summed E-state index contributed by atoms with van der Waals surface area (Å²) < 4.78 is 10.9. The molecular formula is C15H13NO3. The van der Waals surface area contributed by atoms with Gasteiger partial charge in [-0.2, -0.15) is 0 Å². The third-order valence-electron chi connectivity index (χ3n) is 3.06. The first-order valence-corrected chi connectivity index (χ1v) is 6.11. The Morgan fingerprint density at radius 3 is 2.74 bits per heavy atom. The average Bonchev–Trinajstić information content (AvgIpc) is 2.46. The van der Waals surface area contributed by atoms with Crippen LogP contribution in [0, 0.1) is 6.92 Å². The van der Waals surface area contributed by atoms with Gasteiger partial charge in [-0.25, -0.2) is 0 Å². The van der Waals surface area contributed by atoms with Crippen LogP contribution in [0.1, 0.15) is 21.6 Å². The summed E-state index contributed by atoms with van der Waals surface area (Å²) in [5, 5.41) is 0. The minimum absolute atomic E-state index is 0.0532. The van der Waals surface area contributed by atoms with E-state index in [0.717, 1.165) is 5.69 Å². The summed E-state index contributed by atoms with van der Waals surface area (Å²) in [7, 11) is 0. The number of pyridine rings is 1. The Balaban J connectivity index is 1.98. The molecular weight excluding hydrogens is 242 g/mol. The average molecular weight is 255 g/mol. The lowest BCUT2D eigenvalue weighted by Gasteiger charge is -2.18. The zero-order valence-corrected chi connectivity index (χ0v) is 10.6. The lowest BCUT2D eigenvalue weighted by Crippen LogP contribution is -2.16. The van der Waals surface area contributed by atoms with Gasteiger partial charge in [0.15, 0.2) is 17.3 Å². The summed E-state index contributed by atoms with van der Waals surface area (Å²) in [5.74, 6) is 1.26. The van der Waals surface area contributed by atoms with Gasteiger partial charge in [0, 0.05) is 23.0 Å². The van der Waals surface area contributed by atoms with Crippen molar-refractivity contribution in [2.24, 2.45) is 0 Å². The van der Waals surface area contributed by atoms with E-state index in [1.54, 1.807) is 36.5 Å². The molecule has 0 saturated heterocycles. The summed E-state index contributed by atoms with van der Waals surface area (Å²) in [4.78, 5) is 16.6. The molecule has 0 amide bonds. The molecule has 0 atom stereocenters. The first-order valence-electron chi connectivity index (χ1n) is 6.11. The van der Waals surface area contributed by atoms with Gasteiger partial charge in [-0.15, -0.1) is 0 Å². The van der Waals surface area contributed by atoms with Crippen LogP contribution < -0.4 is 9.47 Å². The summed E-state index contributed by atoms with van der Waals surface area (Å²) in [6.45, 7) is 2.88. The number of hydrogen-bond donors (Lipinski definition) is 0. The highest BCUT2D eigenvalue weighted by atomic mass is 16.6. The molecule has 0 saturated carbocycles. The Hall–Kier alpha value is -2.36. The molecule has 0 N–H and O–H groups in total. The molecule has 1 aliphatic heterocycles. The van der Waals surface area contributed by atoms with Gasteiger partial charge >= 0.3 is 0 Å². The summed E-state index contributed by atoms with van der Waals surface area (Å²) >= 11 is 0. The molecule has 1 aromatic heterocycles. The zero-order valence-electron chi connectivity index (χ0n) is 10.6. The molecule has 1 aliphatic rings. The van der Waals surface area contributed by atoms with E-state index in [9.17, 15) is 4.79 Å². The number of ketones is 1. The number of nitrogens with zero attached hydrogens (tertiary/aromatic N) is 1. The van der Waals surface area contributed by atoms with Gasteiger partial charge in [0.05, 0.1) is 0 Å². The molecule has 0 fully saturated rings. The van der Waals surface area contributed by atoms with Crippen molar-refractivity contribution in [3.8, 4) is 11.5 Å².